The molecule has 0 bridgehead atoms. The second-order valence-electron chi connectivity index (χ2n) is 4.48. The highest BCUT2D eigenvalue weighted by atomic mass is 16.3. The lowest BCUT2D eigenvalue weighted by molar-refractivity contribution is 0.0986. The molecule has 0 heterocycles. The summed E-state index contributed by atoms with van der Waals surface area (Å²) in [4.78, 5) is 14.3. The minimum Gasteiger partial charge on any atom is -0.508 e. The molecule has 1 amide bonds. The lowest BCUT2D eigenvalue weighted by atomic mass is 10.1. The molecule has 0 aliphatic rings. The van der Waals surface area contributed by atoms with Gasteiger partial charge >= 0.3 is 0 Å². The van der Waals surface area contributed by atoms with Crippen LogP contribution < -0.4 is 10.6 Å². The van der Waals surface area contributed by atoms with Gasteiger partial charge in [0.15, 0.2) is 0 Å². The Kier molecular flexibility index (Phi) is 4.74. The van der Waals surface area contributed by atoms with Gasteiger partial charge in [0.05, 0.1) is 0 Å². The number of benzene rings is 2. The molecular formula is C16H18N2O2. The molecule has 0 unspecified atom stereocenters. The number of para-hydroxylation sites is 1. The minimum atomic E-state index is -0.138. The van der Waals surface area contributed by atoms with E-state index in [4.69, 9.17) is 5.73 Å². The topological polar surface area (TPSA) is 66.6 Å². The second-order valence-corrected chi connectivity index (χ2v) is 4.48. The summed E-state index contributed by atoms with van der Waals surface area (Å²) in [5.41, 5.74) is 6.83. The van der Waals surface area contributed by atoms with Crippen LogP contribution in [0.3, 0.4) is 0 Å². The van der Waals surface area contributed by atoms with Crippen molar-refractivity contribution in [1.29, 1.82) is 0 Å². The van der Waals surface area contributed by atoms with Crippen LogP contribution in [0.2, 0.25) is 0 Å². The van der Waals surface area contributed by atoms with Crippen LogP contribution >= 0.6 is 0 Å². The maximum absolute atomic E-state index is 12.6. The Labute approximate surface area is 118 Å². The van der Waals surface area contributed by atoms with E-state index in [-0.39, 0.29) is 11.7 Å². The van der Waals surface area contributed by atoms with Gasteiger partial charge in [-0.15, -0.1) is 0 Å². The predicted octanol–water partition coefficient (Wildman–Crippen LogP) is 2.39. The molecule has 0 atom stereocenters. The van der Waals surface area contributed by atoms with Crippen molar-refractivity contribution in [2.45, 2.75) is 6.42 Å². The van der Waals surface area contributed by atoms with Gasteiger partial charge in [0, 0.05) is 17.8 Å². The predicted molar refractivity (Wildman–Crippen MR) is 79.9 cm³/mol. The zero-order chi connectivity index (χ0) is 14.4. The average Bonchev–Trinajstić information content (AvgIpc) is 2.48. The van der Waals surface area contributed by atoms with E-state index in [1.807, 2.05) is 30.3 Å². The summed E-state index contributed by atoms with van der Waals surface area (Å²) in [6, 6.07) is 15.8. The molecule has 20 heavy (non-hydrogen) atoms. The highest BCUT2D eigenvalue weighted by Gasteiger charge is 2.17. The van der Waals surface area contributed by atoms with Crippen molar-refractivity contribution in [2.24, 2.45) is 5.73 Å². The number of carbonyl (C=O) groups is 1. The highest BCUT2D eigenvalue weighted by molar-refractivity contribution is 6.06. The molecule has 0 aromatic heterocycles. The normalized spacial score (nSPS) is 10.2. The number of carbonyl (C=O) groups excluding carboxylic acids is 1. The van der Waals surface area contributed by atoms with Gasteiger partial charge in [-0.05, 0) is 43.3 Å². The SMILES string of the molecule is NCCCN(C(=O)c1cccc(O)c1)c1ccccc1. The molecule has 104 valence electrons. The lowest BCUT2D eigenvalue weighted by Gasteiger charge is -2.22. The number of rotatable bonds is 5. The smallest absolute Gasteiger partial charge is 0.258 e. The molecule has 0 saturated heterocycles. The average molecular weight is 270 g/mol. The molecule has 0 aliphatic carbocycles. The second kappa shape index (κ2) is 6.73. The Morgan fingerprint density at radius 2 is 1.85 bits per heavy atom. The van der Waals surface area contributed by atoms with Crippen molar-refractivity contribution < 1.29 is 9.90 Å². The van der Waals surface area contributed by atoms with E-state index >= 15 is 0 Å². The summed E-state index contributed by atoms with van der Waals surface area (Å²) < 4.78 is 0. The van der Waals surface area contributed by atoms with Crippen molar-refractivity contribution in [3.63, 3.8) is 0 Å². The van der Waals surface area contributed by atoms with Crippen LogP contribution in [0.5, 0.6) is 5.75 Å². The summed E-state index contributed by atoms with van der Waals surface area (Å²) in [7, 11) is 0. The Morgan fingerprint density at radius 1 is 1.10 bits per heavy atom. The van der Waals surface area contributed by atoms with E-state index in [9.17, 15) is 9.90 Å². The van der Waals surface area contributed by atoms with Crippen LogP contribution in [0.15, 0.2) is 54.6 Å². The third-order valence-electron chi connectivity index (χ3n) is 2.99. The van der Waals surface area contributed by atoms with Gasteiger partial charge in [-0.1, -0.05) is 24.3 Å². The van der Waals surface area contributed by atoms with Crippen molar-refractivity contribution in [1.82, 2.24) is 0 Å². The molecule has 0 spiro atoms. The fourth-order valence-corrected chi connectivity index (χ4v) is 2.00. The number of aromatic hydroxyl groups is 1. The first kappa shape index (κ1) is 14.1. The van der Waals surface area contributed by atoms with Gasteiger partial charge in [-0.25, -0.2) is 0 Å². The summed E-state index contributed by atoms with van der Waals surface area (Å²) in [6.45, 7) is 1.08. The van der Waals surface area contributed by atoms with E-state index in [0.717, 1.165) is 12.1 Å². The van der Waals surface area contributed by atoms with E-state index in [1.165, 1.54) is 6.07 Å². The van der Waals surface area contributed by atoms with E-state index in [0.29, 0.717) is 18.7 Å². The molecule has 2 aromatic rings. The standard InChI is InChI=1S/C16H18N2O2/c17-10-5-11-18(14-7-2-1-3-8-14)16(20)13-6-4-9-15(19)12-13/h1-4,6-9,12,19H,5,10-11,17H2. The first-order valence-electron chi connectivity index (χ1n) is 6.58. The number of hydrogen-bond donors (Lipinski definition) is 2. The Bertz CT molecular complexity index is 570. The van der Waals surface area contributed by atoms with Crippen molar-refractivity contribution in [3.8, 4) is 5.75 Å². The van der Waals surface area contributed by atoms with Gasteiger partial charge in [-0.3, -0.25) is 4.79 Å². The quantitative estimate of drug-likeness (QED) is 0.876. The zero-order valence-electron chi connectivity index (χ0n) is 11.2. The van der Waals surface area contributed by atoms with Crippen molar-refractivity contribution >= 4 is 11.6 Å². The van der Waals surface area contributed by atoms with Gasteiger partial charge in [0.1, 0.15) is 5.75 Å². The number of phenolic OH excluding ortho intramolecular Hbond substituents is 1. The highest BCUT2D eigenvalue weighted by Crippen LogP contribution is 2.19. The number of phenols is 1. The summed E-state index contributed by atoms with van der Waals surface area (Å²) in [6.07, 6.45) is 0.722. The maximum Gasteiger partial charge on any atom is 0.258 e. The largest absolute Gasteiger partial charge is 0.508 e. The molecule has 2 aromatic carbocycles. The fourth-order valence-electron chi connectivity index (χ4n) is 2.00. The Hall–Kier alpha value is -2.33. The lowest BCUT2D eigenvalue weighted by Crippen LogP contribution is -2.32. The van der Waals surface area contributed by atoms with E-state index in [1.54, 1.807) is 23.1 Å². The number of hydrogen-bond acceptors (Lipinski definition) is 3. The first-order chi connectivity index (χ1) is 9.72. The van der Waals surface area contributed by atoms with E-state index in [2.05, 4.69) is 0 Å². The maximum atomic E-state index is 12.6. The number of amides is 1. The van der Waals surface area contributed by atoms with Crippen LogP contribution in [0.1, 0.15) is 16.8 Å². The van der Waals surface area contributed by atoms with Crippen molar-refractivity contribution in [3.05, 3.63) is 60.2 Å². The Balaban J connectivity index is 2.29. The third-order valence-corrected chi connectivity index (χ3v) is 2.99. The summed E-state index contributed by atoms with van der Waals surface area (Å²) >= 11 is 0. The Morgan fingerprint density at radius 3 is 2.50 bits per heavy atom. The molecule has 3 N–H and O–H groups in total. The molecule has 2 rings (SSSR count). The molecule has 0 aliphatic heterocycles. The molecule has 0 saturated carbocycles. The van der Waals surface area contributed by atoms with Gasteiger partial charge in [-0.2, -0.15) is 0 Å². The molecule has 0 fully saturated rings. The van der Waals surface area contributed by atoms with E-state index < -0.39 is 0 Å². The third kappa shape index (κ3) is 3.36. The molecule has 4 heteroatoms. The first-order valence-corrected chi connectivity index (χ1v) is 6.58. The van der Waals surface area contributed by atoms with Gasteiger partial charge < -0.3 is 15.7 Å². The van der Waals surface area contributed by atoms with Crippen LogP contribution in [0.25, 0.3) is 0 Å². The fraction of sp³-hybridized carbons (Fsp3) is 0.188. The molecular weight excluding hydrogens is 252 g/mol. The van der Waals surface area contributed by atoms with Crippen LogP contribution in [-0.4, -0.2) is 24.1 Å². The monoisotopic (exact) mass is 270 g/mol. The number of anilines is 1. The van der Waals surface area contributed by atoms with Crippen molar-refractivity contribution in [2.75, 3.05) is 18.0 Å². The summed E-state index contributed by atoms with van der Waals surface area (Å²) in [5.74, 6) is -0.0526. The van der Waals surface area contributed by atoms with Gasteiger partial charge in [0.2, 0.25) is 0 Å². The molecule has 0 radical (unpaired) electrons. The minimum absolute atomic E-state index is 0.0858. The summed E-state index contributed by atoms with van der Waals surface area (Å²) in [5, 5.41) is 9.50. The molecule has 4 nitrogen and oxygen atoms in total. The number of nitrogens with two attached hydrogens (primary N) is 1. The van der Waals surface area contributed by atoms with Crippen LogP contribution in [0.4, 0.5) is 5.69 Å². The zero-order valence-corrected chi connectivity index (χ0v) is 11.2. The van der Waals surface area contributed by atoms with Gasteiger partial charge in [0.25, 0.3) is 5.91 Å². The van der Waals surface area contributed by atoms with Crippen LogP contribution in [-0.2, 0) is 0 Å². The number of nitrogens with zero attached hydrogens (tertiary/aromatic N) is 1. The van der Waals surface area contributed by atoms with Crippen LogP contribution in [0, 0.1) is 0 Å².